The van der Waals surface area contributed by atoms with Crippen molar-refractivity contribution < 1.29 is 18.3 Å². The number of halogens is 4. The Hall–Kier alpha value is -1.27. The molecule has 1 unspecified atom stereocenters. The first kappa shape index (κ1) is 12.2. The van der Waals surface area contributed by atoms with E-state index in [1.165, 1.54) is 13.1 Å². The van der Waals surface area contributed by atoms with E-state index in [9.17, 15) is 18.3 Å². The van der Waals surface area contributed by atoms with Crippen molar-refractivity contribution in [1.82, 2.24) is 9.38 Å². The summed E-state index contributed by atoms with van der Waals surface area (Å²) in [5.74, 6) is 0. The van der Waals surface area contributed by atoms with Gasteiger partial charge in [-0.15, -0.1) is 0 Å². The Kier molecular flexibility index (Phi) is 2.79. The van der Waals surface area contributed by atoms with E-state index in [2.05, 4.69) is 4.98 Å². The second-order valence-electron chi connectivity index (χ2n) is 3.65. The van der Waals surface area contributed by atoms with Gasteiger partial charge in [0, 0.05) is 12.4 Å². The number of fused-ring (bicyclic) bond motifs is 1. The van der Waals surface area contributed by atoms with Crippen LogP contribution in [0.4, 0.5) is 13.2 Å². The van der Waals surface area contributed by atoms with Crippen LogP contribution in [0.5, 0.6) is 0 Å². The van der Waals surface area contributed by atoms with Gasteiger partial charge >= 0.3 is 6.18 Å². The lowest BCUT2D eigenvalue weighted by molar-refractivity contribution is -0.137. The molecule has 0 bridgehead atoms. The van der Waals surface area contributed by atoms with E-state index < -0.39 is 17.8 Å². The molecule has 2 aromatic rings. The maximum absolute atomic E-state index is 12.5. The standard InChI is InChI=1S/C10H8ClF3N2O/c1-5(17)8-4-16-3-6(10(12,13)14)2-7(11)9(16)15-8/h2-5,17H,1H3. The number of nitrogens with zero attached hydrogens (tertiary/aromatic N) is 2. The minimum absolute atomic E-state index is 0.105. The summed E-state index contributed by atoms with van der Waals surface area (Å²) in [4.78, 5) is 3.95. The number of hydrogen-bond donors (Lipinski definition) is 1. The van der Waals surface area contributed by atoms with Gasteiger partial charge in [0.05, 0.1) is 22.4 Å². The second-order valence-corrected chi connectivity index (χ2v) is 4.05. The number of imidazole rings is 1. The van der Waals surface area contributed by atoms with Crippen LogP contribution in [0.15, 0.2) is 18.5 Å². The quantitative estimate of drug-likeness (QED) is 0.860. The summed E-state index contributed by atoms with van der Waals surface area (Å²) in [6, 6.07) is 0.815. The first-order chi connectivity index (χ1) is 7.79. The number of rotatable bonds is 1. The Morgan fingerprint density at radius 2 is 2.06 bits per heavy atom. The van der Waals surface area contributed by atoms with E-state index in [-0.39, 0.29) is 16.4 Å². The molecule has 0 saturated carbocycles. The molecule has 92 valence electrons. The minimum Gasteiger partial charge on any atom is -0.387 e. The highest BCUT2D eigenvalue weighted by Crippen LogP contribution is 2.32. The van der Waals surface area contributed by atoms with Gasteiger partial charge in [-0.1, -0.05) is 11.6 Å². The molecule has 2 rings (SSSR count). The number of aliphatic hydroxyl groups excluding tert-OH is 1. The SMILES string of the molecule is CC(O)c1cn2cc(C(F)(F)F)cc(Cl)c2n1. The summed E-state index contributed by atoms with van der Waals surface area (Å²) in [7, 11) is 0. The highest BCUT2D eigenvalue weighted by Gasteiger charge is 2.31. The monoisotopic (exact) mass is 264 g/mol. The fourth-order valence-electron chi connectivity index (χ4n) is 1.43. The van der Waals surface area contributed by atoms with Crippen molar-refractivity contribution in [2.75, 3.05) is 0 Å². The van der Waals surface area contributed by atoms with E-state index in [1.54, 1.807) is 0 Å². The molecule has 0 aromatic carbocycles. The first-order valence-corrected chi connectivity index (χ1v) is 5.10. The summed E-state index contributed by atoms with van der Waals surface area (Å²) in [5, 5.41) is 9.20. The average Bonchev–Trinajstić information content (AvgIpc) is 2.60. The predicted octanol–water partition coefficient (Wildman–Crippen LogP) is 3.06. The fraction of sp³-hybridized carbons (Fsp3) is 0.300. The lowest BCUT2D eigenvalue weighted by Crippen LogP contribution is -2.06. The Morgan fingerprint density at radius 3 is 2.59 bits per heavy atom. The summed E-state index contributed by atoms with van der Waals surface area (Å²) >= 11 is 5.72. The molecule has 7 heteroatoms. The zero-order valence-electron chi connectivity index (χ0n) is 8.66. The molecule has 2 aromatic heterocycles. The topological polar surface area (TPSA) is 37.5 Å². The third kappa shape index (κ3) is 2.23. The van der Waals surface area contributed by atoms with E-state index >= 15 is 0 Å². The van der Waals surface area contributed by atoms with Crippen LogP contribution in [0, 0.1) is 0 Å². The van der Waals surface area contributed by atoms with Crippen LogP contribution >= 0.6 is 11.6 Å². The van der Waals surface area contributed by atoms with Crippen LogP contribution in [0.1, 0.15) is 24.3 Å². The molecule has 17 heavy (non-hydrogen) atoms. The molecule has 0 aliphatic carbocycles. The van der Waals surface area contributed by atoms with Gasteiger partial charge in [0.25, 0.3) is 0 Å². The normalized spacial score (nSPS) is 14.2. The van der Waals surface area contributed by atoms with Gasteiger partial charge in [0.15, 0.2) is 5.65 Å². The van der Waals surface area contributed by atoms with Gasteiger partial charge in [0.2, 0.25) is 0 Å². The van der Waals surface area contributed by atoms with Crippen LogP contribution in [-0.2, 0) is 6.18 Å². The van der Waals surface area contributed by atoms with Gasteiger partial charge in [-0.3, -0.25) is 0 Å². The maximum atomic E-state index is 12.5. The predicted molar refractivity (Wildman–Crippen MR) is 55.8 cm³/mol. The molecule has 1 N–H and O–H groups in total. The van der Waals surface area contributed by atoms with Crippen molar-refractivity contribution in [2.45, 2.75) is 19.2 Å². The lowest BCUT2D eigenvalue weighted by Gasteiger charge is -2.07. The van der Waals surface area contributed by atoms with E-state index in [1.807, 2.05) is 0 Å². The Morgan fingerprint density at radius 1 is 1.41 bits per heavy atom. The largest absolute Gasteiger partial charge is 0.417 e. The van der Waals surface area contributed by atoms with Gasteiger partial charge in [-0.2, -0.15) is 13.2 Å². The number of alkyl halides is 3. The molecule has 0 radical (unpaired) electrons. The number of pyridine rings is 1. The Labute approximate surface area is 99.5 Å². The molecule has 3 nitrogen and oxygen atoms in total. The van der Waals surface area contributed by atoms with Crippen molar-refractivity contribution in [3.8, 4) is 0 Å². The number of aromatic nitrogens is 2. The molecule has 0 saturated heterocycles. The van der Waals surface area contributed by atoms with Gasteiger partial charge in [-0.25, -0.2) is 4.98 Å². The fourth-order valence-corrected chi connectivity index (χ4v) is 1.69. The molecule has 0 aliphatic rings. The zero-order valence-corrected chi connectivity index (χ0v) is 9.42. The summed E-state index contributed by atoms with van der Waals surface area (Å²) in [6.45, 7) is 1.47. The summed E-state index contributed by atoms with van der Waals surface area (Å²) in [6.07, 6.45) is -3.12. The first-order valence-electron chi connectivity index (χ1n) is 4.72. The van der Waals surface area contributed by atoms with E-state index in [0.717, 1.165) is 16.7 Å². The third-order valence-electron chi connectivity index (χ3n) is 2.28. The Bertz CT molecular complexity index is 562. The number of hydrogen-bond acceptors (Lipinski definition) is 2. The molecule has 1 atom stereocenters. The van der Waals surface area contributed by atoms with E-state index in [4.69, 9.17) is 11.6 Å². The van der Waals surface area contributed by atoms with Gasteiger partial charge < -0.3 is 9.51 Å². The molecule has 0 aliphatic heterocycles. The van der Waals surface area contributed by atoms with Crippen molar-refractivity contribution in [3.05, 3.63) is 34.7 Å². The van der Waals surface area contributed by atoms with Crippen LogP contribution in [0.2, 0.25) is 5.02 Å². The molecule has 0 spiro atoms. The van der Waals surface area contributed by atoms with Gasteiger partial charge in [0.1, 0.15) is 0 Å². The molecule has 0 amide bonds. The molecule has 0 fully saturated rings. The highest BCUT2D eigenvalue weighted by atomic mass is 35.5. The second kappa shape index (κ2) is 3.89. The summed E-state index contributed by atoms with van der Waals surface area (Å²) < 4.78 is 38.7. The van der Waals surface area contributed by atoms with Crippen LogP contribution < -0.4 is 0 Å². The lowest BCUT2D eigenvalue weighted by atomic mass is 10.3. The smallest absolute Gasteiger partial charge is 0.387 e. The highest BCUT2D eigenvalue weighted by molar-refractivity contribution is 6.33. The van der Waals surface area contributed by atoms with Crippen LogP contribution in [-0.4, -0.2) is 14.5 Å². The molecular formula is C10H8ClF3N2O. The van der Waals surface area contributed by atoms with Crippen molar-refractivity contribution in [2.24, 2.45) is 0 Å². The van der Waals surface area contributed by atoms with E-state index in [0.29, 0.717) is 0 Å². The van der Waals surface area contributed by atoms with Crippen molar-refractivity contribution >= 4 is 17.2 Å². The zero-order chi connectivity index (χ0) is 12.8. The molecular weight excluding hydrogens is 257 g/mol. The minimum atomic E-state index is -4.47. The van der Waals surface area contributed by atoms with Gasteiger partial charge in [-0.05, 0) is 13.0 Å². The van der Waals surface area contributed by atoms with Crippen LogP contribution in [0.3, 0.4) is 0 Å². The van der Waals surface area contributed by atoms with Crippen molar-refractivity contribution in [1.29, 1.82) is 0 Å². The third-order valence-corrected chi connectivity index (χ3v) is 2.56. The molecule has 2 heterocycles. The maximum Gasteiger partial charge on any atom is 0.417 e. The Balaban J connectivity index is 2.65. The number of aliphatic hydroxyl groups is 1. The van der Waals surface area contributed by atoms with Crippen LogP contribution in [0.25, 0.3) is 5.65 Å². The summed E-state index contributed by atoms with van der Waals surface area (Å²) in [5.41, 5.74) is -0.397. The van der Waals surface area contributed by atoms with Crippen molar-refractivity contribution in [3.63, 3.8) is 0 Å². The average molecular weight is 265 g/mol.